The van der Waals surface area contributed by atoms with Crippen LogP contribution in [-0.4, -0.2) is 29.3 Å². The van der Waals surface area contributed by atoms with Crippen LogP contribution in [0, 0.1) is 18.6 Å². The van der Waals surface area contributed by atoms with Gasteiger partial charge < -0.3 is 10.2 Å². The van der Waals surface area contributed by atoms with Crippen LogP contribution in [0.25, 0.3) is 0 Å². The van der Waals surface area contributed by atoms with Gasteiger partial charge in [0.15, 0.2) is 0 Å². The smallest absolute Gasteiger partial charge is 0.254 e. The van der Waals surface area contributed by atoms with Gasteiger partial charge in [0.05, 0.1) is 5.56 Å². The number of carbonyl (C=O) groups excluding carboxylic acids is 2. The standard InChI is InChI=1S/C22H24F2N2O2/c1-15-4-2-5-16(12-15)14-26(18-8-9-18)21(27)6-3-11-25-22(28)19-10-7-17(23)13-20(19)24/h2,4-5,7,10,12-13,18H,3,6,8-9,11,14H2,1H3,(H,25,28). The van der Waals surface area contributed by atoms with Crippen LogP contribution in [0.15, 0.2) is 42.5 Å². The van der Waals surface area contributed by atoms with E-state index in [9.17, 15) is 18.4 Å². The average molecular weight is 386 g/mol. The van der Waals surface area contributed by atoms with E-state index >= 15 is 0 Å². The minimum atomic E-state index is -0.897. The van der Waals surface area contributed by atoms with E-state index in [4.69, 9.17) is 0 Å². The van der Waals surface area contributed by atoms with Gasteiger partial charge in [0.2, 0.25) is 5.91 Å². The Balaban J connectivity index is 1.47. The molecule has 0 aromatic heterocycles. The number of amides is 2. The first kappa shape index (κ1) is 20.0. The van der Waals surface area contributed by atoms with Crippen molar-refractivity contribution in [3.8, 4) is 0 Å². The summed E-state index contributed by atoms with van der Waals surface area (Å²) >= 11 is 0. The maximum absolute atomic E-state index is 13.6. The van der Waals surface area contributed by atoms with E-state index in [0.717, 1.165) is 36.1 Å². The van der Waals surface area contributed by atoms with Crippen LogP contribution in [0.2, 0.25) is 0 Å². The first-order valence-electron chi connectivity index (χ1n) is 9.52. The molecule has 28 heavy (non-hydrogen) atoms. The zero-order valence-electron chi connectivity index (χ0n) is 15.9. The van der Waals surface area contributed by atoms with Crippen molar-refractivity contribution in [3.05, 3.63) is 70.8 Å². The van der Waals surface area contributed by atoms with Crippen molar-refractivity contribution in [2.24, 2.45) is 0 Å². The summed E-state index contributed by atoms with van der Waals surface area (Å²) in [5.41, 5.74) is 2.07. The van der Waals surface area contributed by atoms with E-state index < -0.39 is 17.5 Å². The number of hydrogen-bond acceptors (Lipinski definition) is 2. The van der Waals surface area contributed by atoms with E-state index in [1.54, 1.807) is 0 Å². The molecule has 2 aromatic carbocycles. The molecule has 1 fully saturated rings. The van der Waals surface area contributed by atoms with Gasteiger partial charge in [-0.25, -0.2) is 8.78 Å². The predicted octanol–water partition coefficient (Wildman–Crippen LogP) is 3.97. The lowest BCUT2D eigenvalue weighted by Crippen LogP contribution is -2.33. The number of benzene rings is 2. The first-order valence-corrected chi connectivity index (χ1v) is 9.52. The molecule has 0 saturated heterocycles. The van der Waals surface area contributed by atoms with Crippen molar-refractivity contribution >= 4 is 11.8 Å². The Labute approximate surface area is 163 Å². The van der Waals surface area contributed by atoms with E-state index in [1.807, 2.05) is 30.0 Å². The highest BCUT2D eigenvalue weighted by molar-refractivity contribution is 5.94. The Morgan fingerprint density at radius 1 is 1.14 bits per heavy atom. The monoisotopic (exact) mass is 386 g/mol. The van der Waals surface area contributed by atoms with Gasteiger partial charge in [0.1, 0.15) is 11.6 Å². The summed E-state index contributed by atoms with van der Waals surface area (Å²) < 4.78 is 26.5. The Kier molecular flexibility index (Phi) is 6.39. The number of nitrogens with zero attached hydrogens (tertiary/aromatic N) is 1. The van der Waals surface area contributed by atoms with Crippen LogP contribution < -0.4 is 5.32 Å². The molecule has 0 heterocycles. The molecule has 0 radical (unpaired) electrons. The number of nitrogens with one attached hydrogen (secondary N) is 1. The largest absolute Gasteiger partial charge is 0.352 e. The molecule has 0 atom stereocenters. The summed E-state index contributed by atoms with van der Waals surface area (Å²) in [7, 11) is 0. The summed E-state index contributed by atoms with van der Waals surface area (Å²) in [6.07, 6.45) is 2.83. The molecular weight excluding hydrogens is 362 g/mol. The van der Waals surface area contributed by atoms with Gasteiger partial charge in [-0.1, -0.05) is 29.8 Å². The fourth-order valence-electron chi connectivity index (χ4n) is 3.17. The second-order valence-electron chi connectivity index (χ2n) is 7.23. The molecule has 1 saturated carbocycles. The van der Waals surface area contributed by atoms with Gasteiger partial charge in [-0.15, -0.1) is 0 Å². The number of halogens is 2. The first-order chi connectivity index (χ1) is 13.4. The van der Waals surface area contributed by atoms with Crippen LogP contribution in [0.3, 0.4) is 0 Å². The SMILES string of the molecule is Cc1cccc(CN(C(=O)CCCNC(=O)c2ccc(F)cc2F)C2CC2)c1. The molecule has 148 valence electrons. The molecule has 0 spiro atoms. The van der Waals surface area contributed by atoms with Gasteiger partial charge >= 0.3 is 0 Å². The minimum Gasteiger partial charge on any atom is -0.352 e. The summed E-state index contributed by atoms with van der Waals surface area (Å²) in [6, 6.07) is 11.3. The van der Waals surface area contributed by atoms with Gasteiger partial charge in [0, 0.05) is 31.6 Å². The molecule has 1 aliphatic carbocycles. The number of hydrogen-bond donors (Lipinski definition) is 1. The summed E-state index contributed by atoms with van der Waals surface area (Å²) in [6.45, 7) is 2.88. The van der Waals surface area contributed by atoms with Gasteiger partial charge in [0.25, 0.3) is 5.91 Å². The molecule has 1 aliphatic rings. The van der Waals surface area contributed by atoms with Crippen LogP contribution in [0.4, 0.5) is 8.78 Å². The van der Waals surface area contributed by atoms with Crippen LogP contribution in [-0.2, 0) is 11.3 Å². The van der Waals surface area contributed by atoms with Crippen molar-refractivity contribution in [1.82, 2.24) is 10.2 Å². The molecule has 0 unspecified atom stereocenters. The van der Waals surface area contributed by atoms with Crippen molar-refractivity contribution in [2.45, 2.75) is 45.2 Å². The van der Waals surface area contributed by atoms with Crippen molar-refractivity contribution in [1.29, 1.82) is 0 Å². The van der Waals surface area contributed by atoms with Crippen LogP contribution >= 0.6 is 0 Å². The minimum absolute atomic E-state index is 0.0613. The quantitative estimate of drug-likeness (QED) is 0.698. The highest BCUT2D eigenvalue weighted by Crippen LogP contribution is 2.29. The number of rotatable bonds is 8. The fraction of sp³-hybridized carbons (Fsp3) is 0.364. The fourth-order valence-corrected chi connectivity index (χ4v) is 3.17. The second kappa shape index (κ2) is 8.95. The normalized spacial score (nSPS) is 13.2. The Morgan fingerprint density at radius 2 is 1.93 bits per heavy atom. The maximum Gasteiger partial charge on any atom is 0.254 e. The molecule has 0 aliphatic heterocycles. The molecule has 2 amide bonds. The van der Waals surface area contributed by atoms with Crippen molar-refractivity contribution in [2.75, 3.05) is 6.54 Å². The molecule has 4 nitrogen and oxygen atoms in total. The summed E-state index contributed by atoms with van der Waals surface area (Å²) in [5.74, 6) is -2.17. The average Bonchev–Trinajstić information content (AvgIpc) is 3.48. The zero-order valence-corrected chi connectivity index (χ0v) is 15.9. The molecule has 1 N–H and O–H groups in total. The Bertz CT molecular complexity index is 865. The van der Waals surface area contributed by atoms with Crippen molar-refractivity contribution in [3.63, 3.8) is 0 Å². The van der Waals surface area contributed by atoms with Crippen LogP contribution in [0.5, 0.6) is 0 Å². The molecule has 0 bridgehead atoms. The lowest BCUT2D eigenvalue weighted by molar-refractivity contribution is -0.132. The van der Waals surface area contributed by atoms with Gasteiger partial charge in [-0.05, 0) is 43.9 Å². The van der Waals surface area contributed by atoms with E-state index in [2.05, 4.69) is 11.4 Å². The van der Waals surface area contributed by atoms with Crippen molar-refractivity contribution < 1.29 is 18.4 Å². The third-order valence-corrected chi connectivity index (χ3v) is 4.77. The highest BCUT2D eigenvalue weighted by Gasteiger charge is 2.32. The molecule has 3 rings (SSSR count). The lowest BCUT2D eigenvalue weighted by atomic mass is 10.1. The van der Waals surface area contributed by atoms with Gasteiger partial charge in [-0.2, -0.15) is 0 Å². The van der Waals surface area contributed by atoms with E-state index in [1.165, 1.54) is 0 Å². The lowest BCUT2D eigenvalue weighted by Gasteiger charge is -2.23. The summed E-state index contributed by atoms with van der Waals surface area (Å²) in [4.78, 5) is 26.5. The molecule has 6 heteroatoms. The Hall–Kier alpha value is -2.76. The second-order valence-corrected chi connectivity index (χ2v) is 7.23. The number of aryl methyl sites for hydroxylation is 1. The summed E-state index contributed by atoms with van der Waals surface area (Å²) in [5, 5.41) is 2.58. The molecule has 2 aromatic rings. The van der Waals surface area contributed by atoms with Gasteiger partial charge in [-0.3, -0.25) is 9.59 Å². The Morgan fingerprint density at radius 3 is 2.61 bits per heavy atom. The van der Waals surface area contributed by atoms with Crippen LogP contribution in [0.1, 0.15) is 47.2 Å². The van der Waals surface area contributed by atoms with E-state index in [0.29, 0.717) is 31.5 Å². The van der Waals surface area contributed by atoms with E-state index in [-0.39, 0.29) is 18.0 Å². The zero-order chi connectivity index (χ0) is 20.1. The third-order valence-electron chi connectivity index (χ3n) is 4.77. The highest BCUT2D eigenvalue weighted by atomic mass is 19.1. The topological polar surface area (TPSA) is 49.4 Å². The predicted molar refractivity (Wildman–Crippen MR) is 103 cm³/mol. The number of carbonyl (C=O) groups is 2. The maximum atomic E-state index is 13.6. The molecular formula is C22H24F2N2O2. The third kappa shape index (κ3) is 5.38.